The Labute approximate surface area is 98.9 Å². The molecule has 0 aliphatic heterocycles. The minimum atomic E-state index is 0.609. The summed E-state index contributed by atoms with van der Waals surface area (Å²) >= 11 is 0. The first-order chi connectivity index (χ1) is 8.24. The van der Waals surface area contributed by atoms with Crippen molar-refractivity contribution >= 4 is 16.8 Å². The van der Waals surface area contributed by atoms with Crippen LogP contribution in [0.5, 0.6) is 0 Å². The Morgan fingerprint density at radius 1 is 1.12 bits per heavy atom. The highest BCUT2D eigenvalue weighted by Crippen LogP contribution is 2.26. The molecule has 17 heavy (non-hydrogen) atoms. The molecular weight excluding hydrogens is 212 g/mol. The van der Waals surface area contributed by atoms with Crippen molar-refractivity contribution in [3.63, 3.8) is 0 Å². The van der Waals surface area contributed by atoms with Crippen molar-refractivity contribution < 1.29 is 4.42 Å². The summed E-state index contributed by atoms with van der Waals surface area (Å²) in [5.74, 6) is 0.609. The lowest BCUT2D eigenvalue weighted by atomic mass is 10.1. The van der Waals surface area contributed by atoms with E-state index in [4.69, 9.17) is 10.2 Å². The maximum Gasteiger partial charge on any atom is 0.227 e. The molecule has 0 saturated heterocycles. The van der Waals surface area contributed by atoms with E-state index in [-0.39, 0.29) is 0 Å². The zero-order valence-corrected chi connectivity index (χ0v) is 9.47. The van der Waals surface area contributed by atoms with E-state index < -0.39 is 0 Å². The van der Waals surface area contributed by atoms with Gasteiger partial charge in [0.2, 0.25) is 5.89 Å². The van der Waals surface area contributed by atoms with Gasteiger partial charge in [-0.05, 0) is 36.8 Å². The van der Waals surface area contributed by atoms with Crippen LogP contribution in [0, 0.1) is 6.92 Å². The molecular formula is C14H12N2O. The monoisotopic (exact) mass is 224 g/mol. The molecule has 0 saturated carbocycles. The van der Waals surface area contributed by atoms with Gasteiger partial charge >= 0.3 is 0 Å². The van der Waals surface area contributed by atoms with Crippen molar-refractivity contribution in [1.82, 2.24) is 4.98 Å². The van der Waals surface area contributed by atoms with E-state index >= 15 is 0 Å². The van der Waals surface area contributed by atoms with Crippen LogP contribution in [0.4, 0.5) is 5.69 Å². The van der Waals surface area contributed by atoms with E-state index in [1.54, 1.807) is 0 Å². The normalized spacial score (nSPS) is 10.9. The molecule has 0 aliphatic rings. The number of nitrogens with two attached hydrogens (primary N) is 1. The molecule has 1 aromatic heterocycles. The van der Waals surface area contributed by atoms with Crippen molar-refractivity contribution in [3.8, 4) is 11.5 Å². The number of hydrogen-bond acceptors (Lipinski definition) is 3. The van der Waals surface area contributed by atoms with Crippen LogP contribution < -0.4 is 5.73 Å². The van der Waals surface area contributed by atoms with Crippen LogP contribution in [0.25, 0.3) is 22.6 Å². The molecule has 2 N–H and O–H groups in total. The molecule has 0 bridgehead atoms. The Balaban J connectivity index is 2.17. The van der Waals surface area contributed by atoms with Crippen LogP contribution in [0.1, 0.15) is 5.56 Å². The summed E-state index contributed by atoms with van der Waals surface area (Å²) < 4.78 is 5.68. The fourth-order valence-corrected chi connectivity index (χ4v) is 1.77. The van der Waals surface area contributed by atoms with E-state index in [1.807, 2.05) is 49.4 Å². The maximum absolute atomic E-state index is 5.88. The number of hydrogen-bond donors (Lipinski definition) is 1. The topological polar surface area (TPSA) is 52.0 Å². The Hall–Kier alpha value is -2.29. The SMILES string of the molecule is Cc1ccc(-c2nc3ccccc3o2)cc1N. The summed E-state index contributed by atoms with van der Waals surface area (Å²) in [6.07, 6.45) is 0. The largest absolute Gasteiger partial charge is 0.436 e. The third-order valence-corrected chi connectivity index (χ3v) is 2.82. The van der Waals surface area contributed by atoms with Gasteiger partial charge in [-0.1, -0.05) is 18.2 Å². The van der Waals surface area contributed by atoms with Crippen LogP contribution in [-0.2, 0) is 0 Å². The number of aromatic nitrogens is 1. The van der Waals surface area contributed by atoms with Crippen LogP contribution in [0.15, 0.2) is 46.9 Å². The third-order valence-electron chi connectivity index (χ3n) is 2.82. The Kier molecular flexibility index (Phi) is 2.11. The molecule has 0 radical (unpaired) electrons. The van der Waals surface area contributed by atoms with E-state index in [1.165, 1.54) is 0 Å². The second kappa shape index (κ2) is 3.63. The standard InChI is InChI=1S/C14H12N2O/c1-9-6-7-10(8-11(9)15)14-16-12-4-2-3-5-13(12)17-14/h2-8H,15H2,1H3. The van der Waals surface area contributed by atoms with Crippen molar-refractivity contribution in [1.29, 1.82) is 0 Å². The lowest BCUT2D eigenvalue weighted by molar-refractivity contribution is 0.620. The van der Waals surface area contributed by atoms with Gasteiger partial charge in [0.25, 0.3) is 0 Å². The number of nitrogens with zero attached hydrogens (tertiary/aromatic N) is 1. The summed E-state index contributed by atoms with van der Waals surface area (Å²) in [4.78, 5) is 4.43. The molecule has 1 heterocycles. The first kappa shape index (κ1) is 9.90. The highest BCUT2D eigenvalue weighted by molar-refractivity contribution is 5.76. The zero-order chi connectivity index (χ0) is 11.8. The number of nitrogen functional groups attached to an aromatic ring is 1. The van der Waals surface area contributed by atoms with Gasteiger partial charge in [-0.3, -0.25) is 0 Å². The van der Waals surface area contributed by atoms with E-state index in [0.717, 1.165) is 27.9 Å². The van der Waals surface area contributed by atoms with Gasteiger partial charge in [0.1, 0.15) is 5.52 Å². The smallest absolute Gasteiger partial charge is 0.227 e. The van der Waals surface area contributed by atoms with Gasteiger partial charge in [0.05, 0.1) is 0 Å². The number of fused-ring (bicyclic) bond motifs is 1. The van der Waals surface area contributed by atoms with Crippen LogP contribution >= 0.6 is 0 Å². The molecule has 0 atom stereocenters. The number of oxazole rings is 1. The molecule has 0 amide bonds. The highest BCUT2D eigenvalue weighted by Gasteiger charge is 2.08. The molecule has 0 unspecified atom stereocenters. The molecule has 3 rings (SSSR count). The predicted molar refractivity (Wildman–Crippen MR) is 68.6 cm³/mol. The quantitative estimate of drug-likeness (QED) is 0.644. The number of para-hydroxylation sites is 2. The predicted octanol–water partition coefficient (Wildman–Crippen LogP) is 3.39. The summed E-state index contributed by atoms with van der Waals surface area (Å²) in [6, 6.07) is 13.5. The molecule has 3 nitrogen and oxygen atoms in total. The fraction of sp³-hybridized carbons (Fsp3) is 0.0714. The second-order valence-corrected chi connectivity index (χ2v) is 4.06. The maximum atomic E-state index is 5.88. The van der Waals surface area contributed by atoms with E-state index in [0.29, 0.717) is 5.89 Å². The Morgan fingerprint density at radius 2 is 1.94 bits per heavy atom. The van der Waals surface area contributed by atoms with Crippen LogP contribution in [-0.4, -0.2) is 4.98 Å². The minimum Gasteiger partial charge on any atom is -0.436 e. The van der Waals surface area contributed by atoms with E-state index in [2.05, 4.69) is 4.98 Å². The lowest BCUT2D eigenvalue weighted by Crippen LogP contribution is -1.89. The summed E-state index contributed by atoms with van der Waals surface area (Å²) in [5.41, 5.74) is 10.3. The van der Waals surface area contributed by atoms with E-state index in [9.17, 15) is 0 Å². The lowest BCUT2D eigenvalue weighted by Gasteiger charge is -2.00. The van der Waals surface area contributed by atoms with Crippen molar-refractivity contribution in [2.75, 3.05) is 5.73 Å². The number of benzene rings is 2. The van der Waals surface area contributed by atoms with Gasteiger partial charge in [0, 0.05) is 11.3 Å². The van der Waals surface area contributed by atoms with Crippen molar-refractivity contribution in [2.24, 2.45) is 0 Å². The summed E-state index contributed by atoms with van der Waals surface area (Å²) in [5, 5.41) is 0. The first-order valence-corrected chi connectivity index (χ1v) is 5.46. The second-order valence-electron chi connectivity index (χ2n) is 4.06. The van der Waals surface area contributed by atoms with Crippen LogP contribution in [0.2, 0.25) is 0 Å². The molecule has 0 spiro atoms. The number of aryl methyl sites for hydroxylation is 1. The van der Waals surface area contributed by atoms with Crippen molar-refractivity contribution in [2.45, 2.75) is 6.92 Å². The highest BCUT2D eigenvalue weighted by atomic mass is 16.3. The van der Waals surface area contributed by atoms with Gasteiger partial charge in [-0.2, -0.15) is 0 Å². The number of rotatable bonds is 1. The minimum absolute atomic E-state index is 0.609. The molecule has 0 fully saturated rings. The summed E-state index contributed by atoms with van der Waals surface area (Å²) in [7, 11) is 0. The van der Waals surface area contributed by atoms with Gasteiger partial charge < -0.3 is 10.2 Å². The average Bonchev–Trinajstić information content (AvgIpc) is 2.76. The van der Waals surface area contributed by atoms with Gasteiger partial charge in [-0.15, -0.1) is 0 Å². The van der Waals surface area contributed by atoms with Crippen LogP contribution in [0.3, 0.4) is 0 Å². The average molecular weight is 224 g/mol. The van der Waals surface area contributed by atoms with Crippen molar-refractivity contribution in [3.05, 3.63) is 48.0 Å². The molecule has 2 aromatic carbocycles. The van der Waals surface area contributed by atoms with Gasteiger partial charge in [-0.25, -0.2) is 4.98 Å². The third kappa shape index (κ3) is 1.65. The number of anilines is 1. The molecule has 84 valence electrons. The molecule has 3 aromatic rings. The summed E-state index contributed by atoms with van der Waals surface area (Å²) in [6.45, 7) is 1.98. The molecule has 0 aliphatic carbocycles. The first-order valence-electron chi connectivity index (χ1n) is 5.46. The Bertz CT molecular complexity index is 653. The zero-order valence-electron chi connectivity index (χ0n) is 9.47. The van der Waals surface area contributed by atoms with Gasteiger partial charge in [0.15, 0.2) is 5.58 Å². The fourth-order valence-electron chi connectivity index (χ4n) is 1.77. The molecule has 3 heteroatoms. The Morgan fingerprint density at radius 3 is 2.71 bits per heavy atom.